The number of nitriles is 1. The lowest BCUT2D eigenvalue weighted by Gasteiger charge is -2.39. The molecule has 0 bridgehead atoms. The maximum Gasteiger partial charge on any atom is 0.161 e. The molecule has 0 aromatic heterocycles. The van der Waals surface area contributed by atoms with Crippen molar-refractivity contribution in [2.75, 3.05) is 23.9 Å². The van der Waals surface area contributed by atoms with E-state index >= 15 is 0 Å². The van der Waals surface area contributed by atoms with Gasteiger partial charge >= 0.3 is 0 Å². The molecule has 0 saturated carbocycles. The number of halogens is 2. The first-order valence-electron chi connectivity index (χ1n) is 10.0. The second kappa shape index (κ2) is 8.20. The Bertz CT molecular complexity index is 1160. The SMILES string of the molecule is CN(C)c1ccc([C@H]2C(C#N)=C(N)N(c3ccc(Br)cc3F)C3=C2C(=O)CCC3)cc1. The largest absolute Gasteiger partial charge is 0.384 e. The molecule has 2 aliphatic rings. The van der Waals surface area contributed by atoms with E-state index < -0.39 is 11.7 Å². The maximum atomic E-state index is 14.9. The van der Waals surface area contributed by atoms with E-state index in [9.17, 15) is 14.4 Å². The monoisotopic (exact) mass is 480 g/mol. The van der Waals surface area contributed by atoms with Gasteiger partial charge < -0.3 is 10.6 Å². The molecule has 158 valence electrons. The van der Waals surface area contributed by atoms with Gasteiger partial charge in [0.1, 0.15) is 11.6 Å². The van der Waals surface area contributed by atoms with Crippen LogP contribution in [0.1, 0.15) is 30.7 Å². The molecule has 2 N–H and O–H groups in total. The zero-order valence-corrected chi connectivity index (χ0v) is 18.9. The van der Waals surface area contributed by atoms with Crippen molar-refractivity contribution in [1.29, 1.82) is 5.26 Å². The van der Waals surface area contributed by atoms with Crippen molar-refractivity contribution >= 4 is 33.1 Å². The van der Waals surface area contributed by atoms with Crippen molar-refractivity contribution in [1.82, 2.24) is 0 Å². The van der Waals surface area contributed by atoms with Crippen molar-refractivity contribution in [2.45, 2.75) is 25.2 Å². The third-order valence-corrected chi connectivity index (χ3v) is 6.30. The van der Waals surface area contributed by atoms with Crippen LogP contribution in [0.4, 0.5) is 15.8 Å². The second-order valence-corrected chi connectivity index (χ2v) is 8.81. The zero-order chi connectivity index (χ0) is 22.3. The lowest BCUT2D eigenvalue weighted by atomic mass is 9.75. The fourth-order valence-electron chi connectivity index (χ4n) is 4.32. The Kier molecular flexibility index (Phi) is 5.59. The molecule has 1 atom stereocenters. The lowest BCUT2D eigenvalue weighted by molar-refractivity contribution is -0.116. The van der Waals surface area contributed by atoms with Gasteiger partial charge in [-0.3, -0.25) is 9.69 Å². The highest BCUT2D eigenvalue weighted by atomic mass is 79.9. The minimum Gasteiger partial charge on any atom is -0.384 e. The van der Waals surface area contributed by atoms with Crippen LogP contribution in [0.3, 0.4) is 0 Å². The number of hydrogen-bond acceptors (Lipinski definition) is 5. The minimum atomic E-state index is -0.557. The molecule has 1 aliphatic carbocycles. The molecule has 5 nitrogen and oxygen atoms in total. The number of anilines is 2. The first kappa shape index (κ1) is 21.1. The highest BCUT2D eigenvalue weighted by Gasteiger charge is 2.40. The number of carbonyl (C=O) groups is 1. The Hall–Kier alpha value is -3.11. The fourth-order valence-corrected chi connectivity index (χ4v) is 4.66. The van der Waals surface area contributed by atoms with Crippen LogP contribution < -0.4 is 15.5 Å². The van der Waals surface area contributed by atoms with Gasteiger partial charge in [0, 0.05) is 41.9 Å². The van der Waals surface area contributed by atoms with Gasteiger partial charge in [-0.25, -0.2) is 4.39 Å². The smallest absolute Gasteiger partial charge is 0.161 e. The normalized spacial score (nSPS) is 18.7. The summed E-state index contributed by atoms with van der Waals surface area (Å²) in [5, 5.41) is 10.0. The van der Waals surface area contributed by atoms with Crippen molar-refractivity contribution in [3.63, 3.8) is 0 Å². The summed E-state index contributed by atoms with van der Waals surface area (Å²) in [4.78, 5) is 16.6. The van der Waals surface area contributed by atoms with E-state index in [1.54, 1.807) is 17.0 Å². The van der Waals surface area contributed by atoms with E-state index in [2.05, 4.69) is 22.0 Å². The van der Waals surface area contributed by atoms with Crippen LogP contribution in [0.15, 0.2) is 69.6 Å². The topological polar surface area (TPSA) is 73.4 Å². The molecule has 0 saturated heterocycles. The lowest BCUT2D eigenvalue weighted by Crippen LogP contribution is -2.39. The molecule has 0 fully saturated rings. The van der Waals surface area contributed by atoms with Crippen molar-refractivity contribution in [3.8, 4) is 6.07 Å². The average molecular weight is 481 g/mol. The number of ketones is 1. The number of nitrogens with zero attached hydrogens (tertiary/aromatic N) is 3. The van der Waals surface area contributed by atoms with Crippen molar-refractivity contribution in [2.24, 2.45) is 5.73 Å². The predicted octanol–water partition coefficient (Wildman–Crippen LogP) is 4.96. The third kappa shape index (κ3) is 3.61. The standard InChI is InChI=1S/C24H22BrFN4O/c1-29(2)16-9-6-14(7-10-16)22-17(13-27)24(28)30(19-11-8-15(25)12-18(19)26)20-4-3-5-21(31)23(20)22/h6-12,22H,3-5,28H2,1-2H3/t22-/m0/s1. The molecule has 0 radical (unpaired) electrons. The Morgan fingerprint density at radius 3 is 2.52 bits per heavy atom. The Balaban J connectivity index is 1.93. The number of allylic oxidation sites excluding steroid dienone is 3. The van der Waals surface area contributed by atoms with Crippen LogP contribution >= 0.6 is 15.9 Å². The van der Waals surface area contributed by atoms with Gasteiger partial charge in [-0.1, -0.05) is 28.1 Å². The summed E-state index contributed by atoms with van der Waals surface area (Å²) in [6, 6.07) is 14.6. The highest BCUT2D eigenvalue weighted by molar-refractivity contribution is 9.10. The van der Waals surface area contributed by atoms with Crippen LogP contribution in [-0.4, -0.2) is 19.9 Å². The molecular weight excluding hydrogens is 459 g/mol. The number of rotatable bonds is 3. The van der Waals surface area contributed by atoms with Gasteiger partial charge in [-0.05, 0) is 48.7 Å². The average Bonchev–Trinajstić information content (AvgIpc) is 2.74. The summed E-state index contributed by atoms with van der Waals surface area (Å²) in [5.74, 6) is -0.892. The van der Waals surface area contributed by atoms with Crippen molar-refractivity contribution in [3.05, 3.63) is 81.0 Å². The number of nitrogens with two attached hydrogens (primary N) is 1. The van der Waals surface area contributed by atoms with Crippen LogP contribution in [0.5, 0.6) is 0 Å². The molecule has 0 amide bonds. The maximum absolute atomic E-state index is 14.9. The number of carbonyl (C=O) groups excluding carboxylic acids is 1. The molecule has 0 unspecified atom stereocenters. The van der Waals surface area contributed by atoms with Crippen molar-refractivity contribution < 1.29 is 9.18 Å². The Morgan fingerprint density at radius 1 is 1.19 bits per heavy atom. The predicted molar refractivity (Wildman–Crippen MR) is 123 cm³/mol. The van der Waals surface area contributed by atoms with Gasteiger partial charge in [0.15, 0.2) is 5.78 Å². The molecule has 4 rings (SSSR count). The molecule has 7 heteroatoms. The van der Waals surface area contributed by atoms with Crippen LogP contribution in [0.25, 0.3) is 0 Å². The first-order valence-corrected chi connectivity index (χ1v) is 10.8. The summed E-state index contributed by atoms with van der Waals surface area (Å²) in [7, 11) is 3.90. The molecule has 2 aromatic carbocycles. The first-order chi connectivity index (χ1) is 14.8. The molecule has 1 aliphatic heterocycles. The second-order valence-electron chi connectivity index (χ2n) is 7.90. The van der Waals surface area contributed by atoms with Gasteiger partial charge in [0.05, 0.1) is 23.2 Å². The van der Waals surface area contributed by atoms with E-state index in [1.807, 2.05) is 43.3 Å². The van der Waals surface area contributed by atoms with Crippen LogP contribution in [0, 0.1) is 17.1 Å². The van der Waals surface area contributed by atoms with E-state index in [0.717, 1.165) is 11.3 Å². The summed E-state index contributed by atoms with van der Waals surface area (Å²) < 4.78 is 15.5. The quantitative estimate of drug-likeness (QED) is 0.671. The van der Waals surface area contributed by atoms with Crippen LogP contribution in [-0.2, 0) is 4.79 Å². The minimum absolute atomic E-state index is 0.0225. The van der Waals surface area contributed by atoms with Gasteiger partial charge in [-0.2, -0.15) is 5.26 Å². The Labute approximate surface area is 189 Å². The van der Waals surface area contributed by atoms with Gasteiger partial charge in [-0.15, -0.1) is 0 Å². The van der Waals surface area contributed by atoms with E-state index in [4.69, 9.17) is 5.73 Å². The summed E-state index contributed by atoms with van der Waals surface area (Å²) in [6.07, 6.45) is 1.65. The van der Waals surface area contributed by atoms with Gasteiger partial charge in [0.2, 0.25) is 0 Å². The third-order valence-electron chi connectivity index (χ3n) is 5.81. The van der Waals surface area contributed by atoms with E-state index in [-0.39, 0.29) is 22.9 Å². The summed E-state index contributed by atoms with van der Waals surface area (Å²) in [5.41, 5.74) is 10.0. The summed E-state index contributed by atoms with van der Waals surface area (Å²) >= 11 is 3.27. The van der Waals surface area contributed by atoms with Crippen LogP contribution in [0.2, 0.25) is 0 Å². The highest BCUT2D eigenvalue weighted by Crippen LogP contribution is 2.46. The fraction of sp³-hybridized carbons (Fsp3) is 0.250. The summed E-state index contributed by atoms with van der Waals surface area (Å²) in [6.45, 7) is 0. The van der Waals surface area contributed by atoms with E-state index in [0.29, 0.717) is 35.0 Å². The molecule has 1 heterocycles. The Morgan fingerprint density at radius 2 is 1.90 bits per heavy atom. The van der Waals surface area contributed by atoms with Gasteiger partial charge in [0.25, 0.3) is 0 Å². The zero-order valence-electron chi connectivity index (χ0n) is 17.3. The molecular formula is C24H22BrFN4O. The number of benzene rings is 2. The van der Waals surface area contributed by atoms with E-state index in [1.165, 1.54) is 6.07 Å². The molecule has 0 spiro atoms. The molecule has 2 aromatic rings. The molecule has 31 heavy (non-hydrogen) atoms. The number of hydrogen-bond donors (Lipinski definition) is 1. The number of Topliss-reactive ketones (excluding diaryl/α,β-unsaturated/α-hetero) is 1.